The molecule has 4 nitrogen and oxygen atoms in total. The van der Waals surface area contributed by atoms with Gasteiger partial charge in [0.2, 0.25) is 5.91 Å². The number of anilines is 1. The van der Waals surface area contributed by atoms with Crippen molar-refractivity contribution in [3.8, 4) is 0 Å². The lowest BCUT2D eigenvalue weighted by Gasteiger charge is -2.18. The predicted octanol–water partition coefficient (Wildman–Crippen LogP) is 3.45. The number of nitrogens with zero attached hydrogens (tertiary/aromatic N) is 1. The molecule has 4 heteroatoms. The van der Waals surface area contributed by atoms with Gasteiger partial charge in [0.25, 0.3) is 0 Å². The van der Waals surface area contributed by atoms with E-state index in [1.807, 2.05) is 18.2 Å². The van der Waals surface area contributed by atoms with Crippen molar-refractivity contribution in [3.63, 3.8) is 0 Å². The molecule has 1 unspecified atom stereocenters. The summed E-state index contributed by atoms with van der Waals surface area (Å²) in [4.78, 5) is 25.7. The summed E-state index contributed by atoms with van der Waals surface area (Å²) in [6.07, 6.45) is 1.05. The Kier molecular flexibility index (Phi) is 4.38. The fourth-order valence-corrected chi connectivity index (χ4v) is 3.36. The van der Waals surface area contributed by atoms with Crippen LogP contribution in [0.3, 0.4) is 0 Å². The van der Waals surface area contributed by atoms with Gasteiger partial charge in [0, 0.05) is 18.7 Å². The first-order chi connectivity index (χ1) is 11.5. The van der Waals surface area contributed by atoms with Crippen LogP contribution in [0, 0.1) is 13.8 Å². The Balaban J connectivity index is 1.75. The number of fused-ring (bicyclic) bond motifs is 1. The summed E-state index contributed by atoms with van der Waals surface area (Å²) in [5, 5.41) is 9.39. The van der Waals surface area contributed by atoms with Crippen LogP contribution >= 0.6 is 0 Å². The number of para-hydroxylation sites is 1. The summed E-state index contributed by atoms with van der Waals surface area (Å²) >= 11 is 0. The number of carboxylic acids is 1. The van der Waals surface area contributed by atoms with Gasteiger partial charge in [0.1, 0.15) is 5.92 Å². The highest BCUT2D eigenvalue weighted by molar-refractivity contribution is 5.99. The van der Waals surface area contributed by atoms with Gasteiger partial charge in [-0.2, -0.15) is 0 Å². The monoisotopic (exact) mass is 323 g/mol. The SMILES string of the molecule is Cc1ccc(CCC(=O)N2CC(C(=O)O)c3ccccc32)c(C)c1. The fraction of sp³-hybridized carbons (Fsp3) is 0.300. The number of carbonyl (C=O) groups is 2. The molecule has 1 aliphatic rings. The number of carboxylic acid groups (broad SMARTS) is 1. The van der Waals surface area contributed by atoms with Crippen LogP contribution in [-0.4, -0.2) is 23.5 Å². The third-order valence-electron chi connectivity index (χ3n) is 4.67. The molecule has 0 saturated heterocycles. The second-order valence-electron chi connectivity index (χ2n) is 6.38. The van der Waals surface area contributed by atoms with Crippen LogP contribution in [0.5, 0.6) is 0 Å². The van der Waals surface area contributed by atoms with Gasteiger partial charge in [0.15, 0.2) is 0 Å². The highest BCUT2D eigenvalue weighted by Gasteiger charge is 2.35. The number of rotatable bonds is 4. The van der Waals surface area contributed by atoms with Gasteiger partial charge in [-0.15, -0.1) is 0 Å². The lowest BCUT2D eigenvalue weighted by Crippen LogP contribution is -2.31. The smallest absolute Gasteiger partial charge is 0.312 e. The molecule has 2 aromatic rings. The molecule has 1 atom stereocenters. The van der Waals surface area contributed by atoms with Crippen molar-refractivity contribution in [3.05, 3.63) is 64.7 Å². The molecule has 0 bridgehead atoms. The van der Waals surface area contributed by atoms with Crippen LogP contribution in [0.1, 0.15) is 34.6 Å². The number of carbonyl (C=O) groups excluding carboxylic acids is 1. The predicted molar refractivity (Wildman–Crippen MR) is 93.4 cm³/mol. The van der Waals surface area contributed by atoms with Crippen molar-refractivity contribution in [2.24, 2.45) is 0 Å². The second-order valence-corrected chi connectivity index (χ2v) is 6.38. The maximum absolute atomic E-state index is 12.7. The van der Waals surface area contributed by atoms with E-state index in [-0.39, 0.29) is 12.5 Å². The molecule has 1 N–H and O–H groups in total. The zero-order valence-corrected chi connectivity index (χ0v) is 14.0. The Morgan fingerprint density at radius 2 is 1.92 bits per heavy atom. The second kappa shape index (κ2) is 6.48. The Morgan fingerprint density at radius 3 is 2.62 bits per heavy atom. The molecule has 2 aromatic carbocycles. The van der Waals surface area contributed by atoms with E-state index in [1.54, 1.807) is 11.0 Å². The molecule has 0 saturated carbocycles. The fourth-order valence-electron chi connectivity index (χ4n) is 3.36. The van der Waals surface area contributed by atoms with Crippen LogP contribution in [0.4, 0.5) is 5.69 Å². The lowest BCUT2D eigenvalue weighted by atomic mass is 10.0. The maximum atomic E-state index is 12.7. The molecule has 0 fully saturated rings. The van der Waals surface area contributed by atoms with Crippen LogP contribution in [0.25, 0.3) is 0 Å². The van der Waals surface area contributed by atoms with Gasteiger partial charge in [0.05, 0.1) is 0 Å². The van der Waals surface area contributed by atoms with Gasteiger partial charge < -0.3 is 10.0 Å². The van der Waals surface area contributed by atoms with Gasteiger partial charge in [-0.1, -0.05) is 42.0 Å². The lowest BCUT2D eigenvalue weighted by molar-refractivity contribution is -0.138. The molecule has 0 aromatic heterocycles. The summed E-state index contributed by atoms with van der Waals surface area (Å²) < 4.78 is 0. The van der Waals surface area contributed by atoms with E-state index in [4.69, 9.17) is 0 Å². The third-order valence-corrected chi connectivity index (χ3v) is 4.67. The van der Waals surface area contributed by atoms with Crippen molar-refractivity contribution >= 4 is 17.6 Å². The van der Waals surface area contributed by atoms with Gasteiger partial charge in [-0.05, 0) is 43.0 Å². The zero-order valence-electron chi connectivity index (χ0n) is 14.0. The van der Waals surface area contributed by atoms with Crippen LogP contribution < -0.4 is 4.90 Å². The number of amides is 1. The molecular weight excluding hydrogens is 302 g/mol. The molecule has 1 aliphatic heterocycles. The Labute approximate surface area is 141 Å². The number of hydrogen-bond donors (Lipinski definition) is 1. The number of benzene rings is 2. The van der Waals surface area contributed by atoms with Gasteiger partial charge >= 0.3 is 5.97 Å². The standard InChI is InChI=1S/C20H21NO3/c1-13-7-8-15(14(2)11-13)9-10-19(22)21-12-17(20(23)24)16-5-3-4-6-18(16)21/h3-8,11,17H,9-10,12H2,1-2H3,(H,23,24). The van der Waals surface area contributed by atoms with Crippen molar-refractivity contribution in [1.29, 1.82) is 0 Å². The Morgan fingerprint density at radius 1 is 1.17 bits per heavy atom. The van der Waals surface area contributed by atoms with Crippen molar-refractivity contribution in [2.45, 2.75) is 32.6 Å². The average Bonchev–Trinajstić information content (AvgIpc) is 2.94. The first-order valence-electron chi connectivity index (χ1n) is 8.15. The Hall–Kier alpha value is -2.62. The summed E-state index contributed by atoms with van der Waals surface area (Å²) in [7, 11) is 0. The largest absolute Gasteiger partial charge is 0.481 e. The molecule has 0 spiro atoms. The van der Waals surface area contributed by atoms with Crippen molar-refractivity contribution in [1.82, 2.24) is 0 Å². The van der Waals surface area contributed by atoms with Crippen LogP contribution in [0.2, 0.25) is 0 Å². The topological polar surface area (TPSA) is 57.6 Å². The molecular formula is C20H21NO3. The van der Waals surface area contributed by atoms with Crippen molar-refractivity contribution < 1.29 is 14.7 Å². The minimum Gasteiger partial charge on any atom is -0.481 e. The van der Waals surface area contributed by atoms with Crippen LogP contribution in [0.15, 0.2) is 42.5 Å². The summed E-state index contributed by atoms with van der Waals surface area (Å²) in [6, 6.07) is 13.5. The zero-order chi connectivity index (χ0) is 17.3. The molecule has 1 heterocycles. The van der Waals surface area contributed by atoms with E-state index >= 15 is 0 Å². The summed E-state index contributed by atoms with van der Waals surface area (Å²) in [6.45, 7) is 4.33. The van der Waals surface area contributed by atoms with Gasteiger partial charge in [-0.25, -0.2) is 0 Å². The van der Waals surface area contributed by atoms with E-state index in [9.17, 15) is 14.7 Å². The molecule has 3 rings (SSSR count). The molecule has 0 aliphatic carbocycles. The number of aryl methyl sites for hydroxylation is 3. The summed E-state index contributed by atoms with van der Waals surface area (Å²) in [5.74, 6) is -1.54. The number of hydrogen-bond acceptors (Lipinski definition) is 2. The minimum absolute atomic E-state index is 0.0221. The first kappa shape index (κ1) is 16.2. The third kappa shape index (κ3) is 3.04. The van der Waals surface area contributed by atoms with Crippen molar-refractivity contribution in [2.75, 3.05) is 11.4 Å². The van der Waals surface area contributed by atoms with E-state index in [0.717, 1.165) is 16.8 Å². The quantitative estimate of drug-likeness (QED) is 0.937. The summed E-state index contributed by atoms with van der Waals surface area (Å²) in [5.41, 5.74) is 5.02. The average molecular weight is 323 g/mol. The van der Waals surface area contributed by atoms with E-state index in [0.29, 0.717) is 12.8 Å². The van der Waals surface area contributed by atoms with E-state index < -0.39 is 11.9 Å². The number of aliphatic carboxylic acids is 1. The first-order valence-corrected chi connectivity index (χ1v) is 8.15. The minimum atomic E-state index is -0.882. The molecule has 0 radical (unpaired) electrons. The molecule has 124 valence electrons. The normalized spacial score (nSPS) is 16.1. The molecule has 1 amide bonds. The van der Waals surface area contributed by atoms with Crippen LogP contribution in [-0.2, 0) is 16.0 Å². The van der Waals surface area contributed by atoms with E-state index in [1.165, 1.54) is 11.1 Å². The Bertz CT molecular complexity index is 797. The highest BCUT2D eigenvalue weighted by atomic mass is 16.4. The van der Waals surface area contributed by atoms with Gasteiger partial charge in [-0.3, -0.25) is 9.59 Å². The maximum Gasteiger partial charge on any atom is 0.312 e. The highest BCUT2D eigenvalue weighted by Crippen LogP contribution is 2.36. The molecule has 24 heavy (non-hydrogen) atoms. The van der Waals surface area contributed by atoms with E-state index in [2.05, 4.69) is 32.0 Å².